The number of nitrogens with two attached hydrogens (primary N) is 1. The van der Waals surface area contributed by atoms with Crippen LogP contribution in [0.1, 0.15) is 127 Å². The van der Waals surface area contributed by atoms with Crippen LogP contribution in [0.5, 0.6) is 0 Å². The Kier molecular flexibility index (Phi) is 19.5. The summed E-state index contributed by atoms with van der Waals surface area (Å²) < 4.78 is 0. The fourth-order valence-corrected chi connectivity index (χ4v) is 7.35. The molecule has 0 aliphatic heterocycles. The lowest BCUT2D eigenvalue weighted by atomic mass is 9.84. The Morgan fingerprint density at radius 2 is 1.69 bits per heavy atom. The van der Waals surface area contributed by atoms with E-state index in [9.17, 15) is 33.9 Å². The Morgan fingerprint density at radius 3 is 2.24 bits per heavy atom. The molecular weight excluding hydrogens is 723 g/mol. The molecule has 0 unspecified atom stereocenters. The number of carbonyl (C=O) groups is 6. The number of amides is 5. The van der Waals surface area contributed by atoms with E-state index in [1.165, 1.54) is 18.3 Å². The Labute approximate surface area is 330 Å². The molecule has 15 heteroatoms. The number of carbonyl (C=O) groups excluding carboxylic acids is 5. The number of nitrogens with zero attached hydrogens (tertiary/aromatic N) is 2. The van der Waals surface area contributed by atoms with Gasteiger partial charge in [0.05, 0.1) is 18.0 Å². The predicted molar refractivity (Wildman–Crippen MR) is 215 cm³/mol. The Bertz CT molecular complexity index is 1560. The summed E-state index contributed by atoms with van der Waals surface area (Å²) in [7, 11) is 0. The van der Waals surface area contributed by atoms with Gasteiger partial charge in [-0.25, -0.2) is 4.98 Å². The molecule has 2 aromatic rings. The normalized spacial score (nSPS) is 14.2. The van der Waals surface area contributed by atoms with Gasteiger partial charge >= 0.3 is 5.97 Å². The van der Waals surface area contributed by atoms with Gasteiger partial charge in [-0.05, 0) is 69.1 Å². The van der Waals surface area contributed by atoms with Gasteiger partial charge in [0.1, 0.15) is 16.7 Å². The summed E-state index contributed by atoms with van der Waals surface area (Å²) in [5.41, 5.74) is 5.74. The standard InChI is InChI=1S/C40H63N7O7S/c1-9-11-12-13-18-47(38(52)35(42-24-48)26(5)10-2)33(25(3)4)20-31(43-27(6)49)37-46-32(23-55-37)36(51)45-30(21-40(7,8)39(53)54)19-28-14-16-29(17-15-28)44-34(50)22-41/h14-17,23-26,30-31,33,35H,9-13,18-22,41H2,1-8H3,(H,42,48)(H,43,49)(H,44,50)(H,45,51)(H,53,54)/t26-,30-,31+,33+,35-/m0/s1. The number of carboxylic acids is 1. The van der Waals surface area contributed by atoms with Crippen molar-refractivity contribution < 1.29 is 33.9 Å². The third kappa shape index (κ3) is 15.0. The van der Waals surface area contributed by atoms with E-state index in [-0.39, 0.29) is 54.3 Å². The first-order valence-electron chi connectivity index (χ1n) is 19.3. The molecule has 306 valence electrons. The number of benzene rings is 1. The maximum absolute atomic E-state index is 14.2. The largest absolute Gasteiger partial charge is 0.481 e. The van der Waals surface area contributed by atoms with Gasteiger partial charge in [0, 0.05) is 36.6 Å². The van der Waals surface area contributed by atoms with Crippen LogP contribution < -0.4 is 27.0 Å². The summed E-state index contributed by atoms with van der Waals surface area (Å²) in [5.74, 6) is -2.40. The van der Waals surface area contributed by atoms with Crippen molar-refractivity contribution in [1.82, 2.24) is 25.8 Å². The smallest absolute Gasteiger partial charge is 0.309 e. The van der Waals surface area contributed by atoms with Crippen molar-refractivity contribution in [2.45, 2.75) is 131 Å². The molecule has 0 radical (unpaired) electrons. The molecule has 0 saturated heterocycles. The van der Waals surface area contributed by atoms with E-state index in [0.29, 0.717) is 42.9 Å². The van der Waals surface area contributed by atoms with E-state index in [1.54, 1.807) is 43.5 Å². The zero-order chi connectivity index (χ0) is 41.3. The van der Waals surface area contributed by atoms with E-state index in [1.807, 2.05) is 32.6 Å². The second kappa shape index (κ2) is 22.9. The lowest BCUT2D eigenvalue weighted by Gasteiger charge is -2.39. The topological polar surface area (TPSA) is 213 Å². The molecule has 0 aliphatic carbocycles. The predicted octanol–water partition coefficient (Wildman–Crippen LogP) is 5.04. The summed E-state index contributed by atoms with van der Waals surface area (Å²) in [6, 6.07) is 4.78. The maximum Gasteiger partial charge on any atom is 0.309 e. The van der Waals surface area contributed by atoms with Gasteiger partial charge in [-0.3, -0.25) is 28.8 Å². The maximum atomic E-state index is 14.2. The molecular formula is C40H63N7O7S. The number of aromatic nitrogens is 1. The summed E-state index contributed by atoms with van der Waals surface area (Å²) in [6.45, 7) is 15.0. The minimum absolute atomic E-state index is 0.0210. The SMILES string of the molecule is CCCCCCN(C(=O)[C@@H](NC=O)[C@@H](C)CC)[C@H](C[C@@H](NC(C)=O)c1nc(C(=O)N[C@@H](Cc2ccc(NC(=O)CN)cc2)CC(C)(C)C(=O)O)cs1)C(C)C. The van der Waals surface area contributed by atoms with E-state index in [4.69, 9.17) is 5.73 Å². The first-order chi connectivity index (χ1) is 26.0. The monoisotopic (exact) mass is 785 g/mol. The highest BCUT2D eigenvalue weighted by atomic mass is 32.1. The number of anilines is 1. The van der Waals surface area contributed by atoms with Crippen molar-refractivity contribution in [2.75, 3.05) is 18.4 Å². The van der Waals surface area contributed by atoms with Crippen molar-refractivity contribution in [3.8, 4) is 0 Å². The van der Waals surface area contributed by atoms with Crippen LogP contribution in [0.2, 0.25) is 0 Å². The number of thiazole rings is 1. The molecule has 5 amide bonds. The van der Waals surface area contributed by atoms with Gasteiger partial charge in [-0.2, -0.15) is 0 Å². The molecule has 0 aliphatic rings. The molecule has 0 saturated carbocycles. The van der Waals surface area contributed by atoms with Gasteiger partial charge in [-0.1, -0.05) is 72.4 Å². The number of nitrogens with one attached hydrogen (secondary N) is 4. The van der Waals surface area contributed by atoms with Gasteiger partial charge in [0.2, 0.25) is 24.1 Å². The first-order valence-corrected chi connectivity index (χ1v) is 20.2. The molecule has 55 heavy (non-hydrogen) atoms. The lowest BCUT2D eigenvalue weighted by Crippen LogP contribution is -2.55. The Morgan fingerprint density at radius 1 is 1.02 bits per heavy atom. The Hall–Kier alpha value is -4.37. The molecule has 14 nitrogen and oxygen atoms in total. The van der Waals surface area contributed by atoms with Crippen molar-refractivity contribution in [3.05, 3.63) is 45.9 Å². The molecule has 1 aromatic carbocycles. The van der Waals surface area contributed by atoms with E-state index < -0.39 is 35.4 Å². The molecule has 1 heterocycles. The molecule has 0 spiro atoms. The van der Waals surface area contributed by atoms with E-state index >= 15 is 0 Å². The highest BCUT2D eigenvalue weighted by Crippen LogP contribution is 2.30. The third-order valence-electron chi connectivity index (χ3n) is 9.92. The number of unbranched alkanes of at least 4 members (excludes halogenated alkanes) is 3. The molecule has 2 rings (SSSR count). The van der Waals surface area contributed by atoms with E-state index in [0.717, 1.165) is 31.2 Å². The van der Waals surface area contributed by atoms with Gasteiger partial charge in [-0.15, -0.1) is 11.3 Å². The highest BCUT2D eigenvalue weighted by Gasteiger charge is 2.36. The average molecular weight is 786 g/mol. The second-order valence-corrected chi connectivity index (χ2v) is 16.2. The van der Waals surface area contributed by atoms with Crippen molar-refractivity contribution in [2.24, 2.45) is 23.0 Å². The number of carboxylic acid groups (broad SMARTS) is 1. The van der Waals surface area contributed by atoms with Crippen LogP contribution in [0, 0.1) is 17.3 Å². The number of hydrogen-bond donors (Lipinski definition) is 6. The minimum atomic E-state index is -1.16. The zero-order valence-corrected chi connectivity index (χ0v) is 34.6. The lowest BCUT2D eigenvalue weighted by molar-refractivity contribution is -0.147. The van der Waals surface area contributed by atoms with Crippen LogP contribution in [-0.4, -0.2) is 82.2 Å². The van der Waals surface area contributed by atoms with Crippen LogP contribution in [0.3, 0.4) is 0 Å². The average Bonchev–Trinajstić information content (AvgIpc) is 3.63. The van der Waals surface area contributed by atoms with Crippen molar-refractivity contribution >= 4 is 53.0 Å². The zero-order valence-electron chi connectivity index (χ0n) is 33.8. The van der Waals surface area contributed by atoms with Crippen molar-refractivity contribution in [1.29, 1.82) is 0 Å². The summed E-state index contributed by atoms with van der Waals surface area (Å²) in [4.78, 5) is 82.5. The van der Waals surface area contributed by atoms with Gasteiger partial charge in [0.15, 0.2) is 0 Å². The van der Waals surface area contributed by atoms with Crippen LogP contribution in [-0.2, 0) is 30.4 Å². The number of rotatable bonds is 25. The van der Waals surface area contributed by atoms with Crippen molar-refractivity contribution in [3.63, 3.8) is 0 Å². The summed E-state index contributed by atoms with van der Waals surface area (Å²) in [5, 5.41) is 23.4. The number of hydrogen-bond acceptors (Lipinski definition) is 9. The first kappa shape index (κ1) is 46.8. The molecule has 7 N–H and O–H groups in total. The second-order valence-electron chi connectivity index (χ2n) is 15.3. The van der Waals surface area contributed by atoms with Crippen LogP contribution in [0.25, 0.3) is 0 Å². The van der Waals surface area contributed by atoms with Crippen LogP contribution in [0.15, 0.2) is 29.6 Å². The fourth-order valence-electron chi connectivity index (χ4n) is 6.49. The van der Waals surface area contributed by atoms with E-state index in [2.05, 4.69) is 33.2 Å². The summed E-state index contributed by atoms with van der Waals surface area (Å²) in [6.07, 6.45) is 5.85. The minimum Gasteiger partial charge on any atom is -0.481 e. The molecule has 5 atom stereocenters. The summed E-state index contributed by atoms with van der Waals surface area (Å²) >= 11 is 1.22. The third-order valence-corrected chi connectivity index (χ3v) is 10.9. The quantitative estimate of drug-likeness (QED) is 0.0587. The van der Waals surface area contributed by atoms with Gasteiger partial charge in [0.25, 0.3) is 5.91 Å². The Balaban J connectivity index is 2.43. The van der Waals surface area contributed by atoms with Gasteiger partial charge < -0.3 is 37.0 Å². The number of aliphatic carboxylic acids is 1. The van der Waals surface area contributed by atoms with Crippen LogP contribution >= 0.6 is 11.3 Å². The van der Waals surface area contributed by atoms with Crippen LogP contribution in [0.4, 0.5) is 5.69 Å². The molecule has 0 fully saturated rings. The highest BCUT2D eigenvalue weighted by molar-refractivity contribution is 7.09. The fraction of sp³-hybridized carbons (Fsp3) is 0.625. The molecule has 1 aromatic heterocycles. The molecule has 0 bridgehead atoms.